The molecule has 0 radical (unpaired) electrons. The predicted molar refractivity (Wildman–Crippen MR) is 133 cm³/mol. The highest BCUT2D eigenvalue weighted by Crippen LogP contribution is 2.24. The standard InChI is InChI=1S/C24H32ClN3O4S/c1-6-18(3)26-24(30)19(4)27(15-20-12-8-9-13-21(20)25)23(29)16-28(33(5,31)32)22-14-10-7-11-17(22)2/h7-14,18-19H,6,15-16H2,1-5H3,(H,26,30). The number of benzene rings is 2. The first-order valence-electron chi connectivity index (χ1n) is 10.8. The molecule has 1 N–H and O–H groups in total. The van der Waals surface area contributed by atoms with Crippen LogP contribution in [0.15, 0.2) is 48.5 Å². The first-order valence-corrected chi connectivity index (χ1v) is 13.0. The molecule has 2 aromatic rings. The number of nitrogens with one attached hydrogen (secondary N) is 1. The van der Waals surface area contributed by atoms with Crippen LogP contribution in [0.1, 0.15) is 38.3 Å². The maximum absolute atomic E-state index is 13.5. The quantitative estimate of drug-likeness (QED) is 0.546. The fourth-order valence-corrected chi connectivity index (χ4v) is 4.40. The summed E-state index contributed by atoms with van der Waals surface area (Å²) >= 11 is 6.31. The summed E-state index contributed by atoms with van der Waals surface area (Å²) in [5.41, 5.74) is 1.80. The van der Waals surface area contributed by atoms with E-state index in [0.717, 1.165) is 22.5 Å². The average Bonchev–Trinajstić information content (AvgIpc) is 2.76. The molecular formula is C24H32ClN3O4S. The summed E-state index contributed by atoms with van der Waals surface area (Å²) in [7, 11) is -3.76. The van der Waals surface area contributed by atoms with E-state index >= 15 is 0 Å². The second-order valence-corrected chi connectivity index (χ2v) is 10.5. The normalized spacial score (nSPS) is 13.2. The zero-order valence-corrected chi connectivity index (χ0v) is 21.3. The summed E-state index contributed by atoms with van der Waals surface area (Å²) in [6.07, 6.45) is 1.80. The van der Waals surface area contributed by atoms with Crippen LogP contribution in [-0.4, -0.2) is 50.0 Å². The topological polar surface area (TPSA) is 86.8 Å². The molecule has 0 heterocycles. The molecule has 0 fully saturated rings. The highest BCUT2D eigenvalue weighted by Gasteiger charge is 2.31. The van der Waals surface area contributed by atoms with Gasteiger partial charge in [0.15, 0.2) is 0 Å². The Labute approximate surface area is 201 Å². The van der Waals surface area contributed by atoms with Crippen molar-refractivity contribution in [3.8, 4) is 0 Å². The predicted octanol–water partition coefficient (Wildman–Crippen LogP) is 3.75. The highest BCUT2D eigenvalue weighted by molar-refractivity contribution is 7.92. The number of carbonyl (C=O) groups excluding carboxylic acids is 2. The number of anilines is 1. The monoisotopic (exact) mass is 493 g/mol. The molecule has 33 heavy (non-hydrogen) atoms. The first kappa shape index (κ1) is 26.7. The van der Waals surface area contributed by atoms with E-state index in [1.807, 2.05) is 13.8 Å². The lowest BCUT2D eigenvalue weighted by Crippen LogP contribution is -2.52. The van der Waals surface area contributed by atoms with E-state index in [1.54, 1.807) is 62.4 Å². The lowest BCUT2D eigenvalue weighted by atomic mass is 10.1. The van der Waals surface area contributed by atoms with Gasteiger partial charge in [0.25, 0.3) is 0 Å². The Bertz CT molecular complexity index is 1090. The van der Waals surface area contributed by atoms with Crippen LogP contribution in [0.4, 0.5) is 5.69 Å². The molecule has 2 rings (SSSR count). The summed E-state index contributed by atoms with van der Waals surface area (Å²) in [5, 5.41) is 3.35. The van der Waals surface area contributed by atoms with Crippen molar-refractivity contribution in [2.24, 2.45) is 0 Å². The molecule has 7 nitrogen and oxygen atoms in total. The summed E-state index contributed by atoms with van der Waals surface area (Å²) in [5.74, 6) is -0.818. The van der Waals surface area contributed by atoms with Crippen molar-refractivity contribution in [1.29, 1.82) is 0 Å². The van der Waals surface area contributed by atoms with Crippen LogP contribution in [-0.2, 0) is 26.2 Å². The van der Waals surface area contributed by atoms with Gasteiger partial charge in [-0.2, -0.15) is 0 Å². The van der Waals surface area contributed by atoms with Crippen LogP contribution in [0.2, 0.25) is 5.02 Å². The minimum Gasteiger partial charge on any atom is -0.352 e. The Morgan fingerprint density at radius 2 is 1.67 bits per heavy atom. The number of hydrogen-bond acceptors (Lipinski definition) is 4. The molecule has 0 bridgehead atoms. The maximum atomic E-state index is 13.5. The lowest BCUT2D eigenvalue weighted by Gasteiger charge is -2.32. The van der Waals surface area contributed by atoms with E-state index in [1.165, 1.54) is 4.90 Å². The largest absolute Gasteiger partial charge is 0.352 e. The highest BCUT2D eigenvalue weighted by atomic mass is 35.5. The minimum absolute atomic E-state index is 0.0586. The summed E-state index contributed by atoms with van der Waals surface area (Å²) < 4.78 is 26.3. The van der Waals surface area contributed by atoms with E-state index in [4.69, 9.17) is 11.6 Å². The molecule has 180 valence electrons. The zero-order valence-electron chi connectivity index (χ0n) is 19.7. The van der Waals surface area contributed by atoms with E-state index in [0.29, 0.717) is 16.3 Å². The first-order chi connectivity index (χ1) is 15.5. The molecule has 0 saturated carbocycles. The number of halogens is 1. The van der Waals surface area contributed by atoms with Crippen LogP contribution in [0.25, 0.3) is 0 Å². The Hall–Kier alpha value is -2.58. The Morgan fingerprint density at radius 1 is 1.06 bits per heavy atom. The second-order valence-electron chi connectivity index (χ2n) is 8.16. The number of carbonyl (C=O) groups is 2. The molecular weight excluding hydrogens is 462 g/mol. The summed E-state index contributed by atoms with van der Waals surface area (Å²) in [6.45, 7) is 6.88. The zero-order chi connectivity index (χ0) is 24.8. The SMILES string of the molecule is CCC(C)NC(=O)C(C)N(Cc1ccccc1Cl)C(=O)CN(c1ccccc1C)S(C)(=O)=O. The Kier molecular flexibility index (Phi) is 9.31. The number of aryl methyl sites for hydroxylation is 1. The average molecular weight is 494 g/mol. The van der Waals surface area contributed by atoms with Crippen LogP contribution in [0.3, 0.4) is 0 Å². The summed E-state index contributed by atoms with van der Waals surface area (Å²) in [4.78, 5) is 27.7. The molecule has 2 amide bonds. The third kappa shape index (κ3) is 7.20. The molecule has 0 saturated heterocycles. The molecule has 0 aromatic heterocycles. The van der Waals surface area contributed by atoms with Crippen molar-refractivity contribution < 1.29 is 18.0 Å². The maximum Gasteiger partial charge on any atom is 0.244 e. The second kappa shape index (κ2) is 11.5. The van der Waals surface area contributed by atoms with Gasteiger partial charge in [0.05, 0.1) is 11.9 Å². The van der Waals surface area contributed by atoms with Crippen molar-refractivity contribution in [1.82, 2.24) is 10.2 Å². The number of rotatable bonds is 10. The molecule has 0 aliphatic rings. The number of hydrogen-bond donors (Lipinski definition) is 1. The fraction of sp³-hybridized carbons (Fsp3) is 0.417. The van der Waals surface area contributed by atoms with Crippen LogP contribution >= 0.6 is 11.6 Å². The smallest absolute Gasteiger partial charge is 0.244 e. The third-order valence-electron chi connectivity index (χ3n) is 5.53. The van der Waals surface area contributed by atoms with E-state index < -0.39 is 28.5 Å². The molecule has 0 spiro atoms. The van der Waals surface area contributed by atoms with E-state index in [9.17, 15) is 18.0 Å². The molecule has 2 aromatic carbocycles. The number of nitrogens with zero attached hydrogens (tertiary/aromatic N) is 2. The van der Waals surface area contributed by atoms with Gasteiger partial charge in [-0.1, -0.05) is 54.9 Å². The van der Waals surface area contributed by atoms with Gasteiger partial charge in [-0.25, -0.2) is 8.42 Å². The lowest BCUT2D eigenvalue weighted by molar-refractivity contribution is -0.139. The molecule has 2 unspecified atom stereocenters. The molecule has 0 aliphatic heterocycles. The number of para-hydroxylation sites is 1. The van der Waals surface area contributed by atoms with Gasteiger partial charge in [-0.15, -0.1) is 0 Å². The number of amides is 2. The van der Waals surface area contributed by atoms with Gasteiger partial charge < -0.3 is 10.2 Å². The summed E-state index contributed by atoms with van der Waals surface area (Å²) in [6, 6.07) is 13.1. The molecule has 9 heteroatoms. The van der Waals surface area contributed by atoms with Gasteiger partial charge in [-0.3, -0.25) is 13.9 Å². The van der Waals surface area contributed by atoms with Crippen molar-refractivity contribution in [3.63, 3.8) is 0 Å². The van der Waals surface area contributed by atoms with E-state index in [2.05, 4.69) is 5.32 Å². The fourth-order valence-electron chi connectivity index (χ4n) is 3.30. The van der Waals surface area contributed by atoms with Gasteiger partial charge in [0.2, 0.25) is 21.8 Å². The van der Waals surface area contributed by atoms with Gasteiger partial charge in [0.1, 0.15) is 12.6 Å². The molecule has 0 aliphatic carbocycles. The van der Waals surface area contributed by atoms with Crippen molar-refractivity contribution in [2.75, 3.05) is 17.1 Å². The Balaban J connectivity index is 2.41. The third-order valence-corrected chi connectivity index (χ3v) is 7.03. The van der Waals surface area contributed by atoms with Crippen LogP contribution in [0, 0.1) is 6.92 Å². The van der Waals surface area contributed by atoms with Crippen molar-refractivity contribution in [2.45, 2.75) is 52.7 Å². The van der Waals surface area contributed by atoms with Crippen molar-refractivity contribution in [3.05, 3.63) is 64.7 Å². The van der Waals surface area contributed by atoms with Crippen LogP contribution in [0.5, 0.6) is 0 Å². The molecule has 2 atom stereocenters. The number of sulfonamides is 1. The van der Waals surface area contributed by atoms with Gasteiger partial charge in [-0.05, 0) is 50.5 Å². The van der Waals surface area contributed by atoms with Crippen LogP contribution < -0.4 is 9.62 Å². The van der Waals surface area contributed by atoms with E-state index in [-0.39, 0.29) is 18.5 Å². The minimum atomic E-state index is -3.76. The Morgan fingerprint density at radius 3 is 2.24 bits per heavy atom. The van der Waals surface area contributed by atoms with Crippen molar-refractivity contribution >= 4 is 39.1 Å². The van der Waals surface area contributed by atoms with Gasteiger partial charge in [0, 0.05) is 17.6 Å². The van der Waals surface area contributed by atoms with Gasteiger partial charge >= 0.3 is 0 Å².